The van der Waals surface area contributed by atoms with E-state index in [-0.39, 0.29) is 18.4 Å². The van der Waals surface area contributed by atoms with Crippen molar-refractivity contribution in [3.05, 3.63) is 65.7 Å². The molecule has 2 rings (SSSR count). The van der Waals surface area contributed by atoms with Gasteiger partial charge in [-0.05, 0) is 29.8 Å². The largest absolute Gasteiger partial charge is 0.376 e. The Labute approximate surface area is 136 Å². The second-order valence-corrected chi connectivity index (χ2v) is 5.25. The summed E-state index contributed by atoms with van der Waals surface area (Å²) in [5, 5.41) is 5.64. The van der Waals surface area contributed by atoms with E-state index in [1.54, 1.807) is 43.3 Å². The van der Waals surface area contributed by atoms with E-state index in [2.05, 4.69) is 10.6 Å². The fourth-order valence-electron chi connectivity index (χ4n) is 2.14. The lowest BCUT2D eigenvalue weighted by atomic mass is 10.2. The summed E-state index contributed by atoms with van der Waals surface area (Å²) in [6.07, 6.45) is 0. The molecule has 120 valence electrons. The molecule has 2 N–H and O–H groups in total. The van der Waals surface area contributed by atoms with Crippen molar-refractivity contribution < 1.29 is 9.59 Å². The number of anilines is 1. The van der Waals surface area contributed by atoms with Crippen LogP contribution in [0.15, 0.2) is 54.6 Å². The van der Waals surface area contributed by atoms with E-state index in [4.69, 9.17) is 0 Å². The van der Waals surface area contributed by atoms with E-state index >= 15 is 0 Å². The van der Waals surface area contributed by atoms with Crippen LogP contribution in [0.2, 0.25) is 0 Å². The fraction of sp³-hybridized carbons (Fsp3) is 0.222. The Morgan fingerprint density at radius 2 is 1.65 bits per heavy atom. The first kappa shape index (κ1) is 16.5. The zero-order valence-electron chi connectivity index (χ0n) is 13.4. The average Bonchev–Trinajstić information content (AvgIpc) is 2.60. The second kappa shape index (κ2) is 7.98. The van der Waals surface area contributed by atoms with Crippen LogP contribution in [-0.2, 0) is 11.3 Å². The summed E-state index contributed by atoms with van der Waals surface area (Å²) in [6.45, 7) is 0.791. The smallest absolute Gasteiger partial charge is 0.251 e. The molecule has 2 amide bonds. The van der Waals surface area contributed by atoms with Crippen molar-refractivity contribution in [2.75, 3.05) is 26.0 Å². The molecule has 5 heteroatoms. The molecular formula is C18H21N3O2. The van der Waals surface area contributed by atoms with E-state index in [1.807, 2.05) is 30.3 Å². The molecule has 0 radical (unpaired) electrons. The standard InChI is InChI=1S/C18H21N3O2/c1-19-18(23)15-8-10-16(11-9-15)20-12-17(22)21(2)13-14-6-4-3-5-7-14/h3-11,20H,12-13H2,1-2H3,(H,19,23). The Morgan fingerprint density at radius 1 is 1.00 bits per heavy atom. The summed E-state index contributed by atoms with van der Waals surface area (Å²) >= 11 is 0. The number of amides is 2. The summed E-state index contributed by atoms with van der Waals surface area (Å²) in [5.74, 6) is -0.126. The van der Waals surface area contributed by atoms with Gasteiger partial charge in [0.1, 0.15) is 0 Å². The number of hydrogen-bond donors (Lipinski definition) is 2. The van der Waals surface area contributed by atoms with E-state index in [0.717, 1.165) is 11.3 Å². The number of carbonyl (C=O) groups excluding carboxylic acids is 2. The molecular weight excluding hydrogens is 290 g/mol. The molecule has 2 aromatic carbocycles. The van der Waals surface area contributed by atoms with Crippen LogP contribution in [0.5, 0.6) is 0 Å². The van der Waals surface area contributed by atoms with Gasteiger partial charge in [0.2, 0.25) is 5.91 Å². The summed E-state index contributed by atoms with van der Waals surface area (Å²) in [6, 6.07) is 16.9. The number of benzene rings is 2. The van der Waals surface area contributed by atoms with Crippen molar-refractivity contribution in [2.45, 2.75) is 6.54 Å². The van der Waals surface area contributed by atoms with Crippen LogP contribution in [-0.4, -0.2) is 37.4 Å². The molecule has 0 aliphatic rings. The van der Waals surface area contributed by atoms with Crippen molar-refractivity contribution in [1.29, 1.82) is 0 Å². The van der Waals surface area contributed by atoms with Crippen LogP contribution in [0.25, 0.3) is 0 Å². The molecule has 5 nitrogen and oxygen atoms in total. The van der Waals surface area contributed by atoms with Gasteiger partial charge in [-0.2, -0.15) is 0 Å². The van der Waals surface area contributed by atoms with Crippen molar-refractivity contribution in [1.82, 2.24) is 10.2 Å². The van der Waals surface area contributed by atoms with Gasteiger partial charge in [0, 0.05) is 31.9 Å². The lowest BCUT2D eigenvalue weighted by Crippen LogP contribution is -2.31. The zero-order valence-corrected chi connectivity index (χ0v) is 13.4. The lowest BCUT2D eigenvalue weighted by molar-refractivity contribution is -0.128. The average molecular weight is 311 g/mol. The molecule has 0 unspecified atom stereocenters. The number of hydrogen-bond acceptors (Lipinski definition) is 3. The third-order valence-corrected chi connectivity index (χ3v) is 3.51. The number of nitrogens with one attached hydrogen (secondary N) is 2. The summed E-state index contributed by atoms with van der Waals surface area (Å²) < 4.78 is 0. The Bertz CT molecular complexity index is 654. The first-order chi connectivity index (χ1) is 11.1. The zero-order chi connectivity index (χ0) is 16.7. The molecule has 0 aromatic heterocycles. The number of carbonyl (C=O) groups is 2. The Hall–Kier alpha value is -2.82. The van der Waals surface area contributed by atoms with Crippen LogP contribution in [0, 0.1) is 0 Å². The highest BCUT2D eigenvalue weighted by molar-refractivity contribution is 5.94. The van der Waals surface area contributed by atoms with Crippen LogP contribution < -0.4 is 10.6 Å². The van der Waals surface area contributed by atoms with Crippen molar-refractivity contribution in [3.8, 4) is 0 Å². The summed E-state index contributed by atoms with van der Waals surface area (Å²) in [4.78, 5) is 25.3. The summed E-state index contributed by atoms with van der Waals surface area (Å²) in [5.41, 5.74) is 2.49. The van der Waals surface area contributed by atoms with Crippen molar-refractivity contribution in [2.24, 2.45) is 0 Å². The Morgan fingerprint density at radius 3 is 2.26 bits per heavy atom. The first-order valence-corrected chi connectivity index (χ1v) is 7.44. The predicted octanol–water partition coefficient (Wildman–Crippen LogP) is 2.12. The van der Waals surface area contributed by atoms with E-state index in [1.165, 1.54) is 0 Å². The third kappa shape index (κ3) is 4.85. The highest BCUT2D eigenvalue weighted by Crippen LogP contribution is 2.09. The number of rotatable bonds is 6. The monoisotopic (exact) mass is 311 g/mol. The third-order valence-electron chi connectivity index (χ3n) is 3.51. The van der Waals surface area contributed by atoms with Crippen LogP contribution in [0.3, 0.4) is 0 Å². The van der Waals surface area contributed by atoms with E-state index in [9.17, 15) is 9.59 Å². The second-order valence-electron chi connectivity index (χ2n) is 5.25. The van der Waals surface area contributed by atoms with Gasteiger partial charge in [-0.3, -0.25) is 9.59 Å². The highest BCUT2D eigenvalue weighted by Gasteiger charge is 2.09. The molecule has 0 saturated carbocycles. The lowest BCUT2D eigenvalue weighted by Gasteiger charge is -2.18. The van der Waals surface area contributed by atoms with Gasteiger partial charge in [0.15, 0.2) is 0 Å². The van der Waals surface area contributed by atoms with Crippen molar-refractivity contribution in [3.63, 3.8) is 0 Å². The van der Waals surface area contributed by atoms with Crippen LogP contribution in [0.1, 0.15) is 15.9 Å². The van der Waals surface area contributed by atoms with Crippen LogP contribution >= 0.6 is 0 Å². The SMILES string of the molecule is CNC(=O)c1ccc(NCC(=O)N(C)Cc2ccccc2)cc1. The topological polar surface area (TPSA) is 61.4 Å². The first-order valence-electron chi connectivity index (χ1n) is 7.44. The van der Waals surface area contributed by atoms with Gasteiger partial charge in [-0.25, -0.2) is 0 Å². The van der Waals surface area contributed by atoms with Gasteiger partial charge >= 0.3 is 0 Å². The molecule has 0 heterocycles. The Balaban J connectivity index is 1.85. The minimum atomic E-state index is -0.129. The molecule has 0 spiro atoms. The maximum Gasteiger partial charge on any atom is 0.251 e. The predicted molar refractivity (Wildman–Crippen MR) is 91.2 cm³/mol. The summed E-state index contributed by atoms with van der Waals surface area (Å²) in [7, 11) is 3.38. The minimum absolute atomic E-state index is 0.00392. The van der Waals surface area contributed by atoms with Crippen molar-refractivity contribution >= 4 is 17.5 Å². The molecule has 23 heavy (non-hydrogen) atoms. The minimum Gasteiger partial charge on any atom is -0.376 e. The molecule has 0 saturated heterocycles. The highest BCUT2D eigenvalue weighted by atomic mass is 16.2. The maximum absolute atomic E-state index is 12.1. The molecule has 0 bridgehead atoms. The normalized spacial score (nSPS) is 10.0. The molecule has 0 fully saturated rings. The van der Waals surface area contributed by atoms with Gasteiger partial charge in [0.25, 0.3) is 5.91 Å². The van der Waals surface area contributed by atoms with Gasteiger partial charge in [-0.1, -0.05) is 30.3 Å². The molecule has 0 aliphatic carbocycles. The number of nitrogens with zero attached hydrogens (tertiary/aromatic N) is 1. The van der Waals surface area contributed by atoms with E-state index in [0.29, 0.717) is 12.1 Å². The quantitative estimate of drug-likeness (QED) is 0.859. The number of likely N-dealkylation sites (N-methyl/N-ethyl adjacent to an activating group) is 1. The Kier molecular flexibility index (Phi) is 5.74. The van der Waals surface area contributed by atoms with Gasteiger partial charge in [0.05, 0.1) is 6.54 Å². The molecule has 0 aliphatic heterocycles. The molecule has 2 aromatic rings. The van der Waals surface area contributed by atoms with Gasteiger partial charge < -0.3 is 15.5 Å². The molecule has 0 atom stereocenters. The fourth-order valence-corrected chi connectivity index (χ4v) is 2.14. The van der Waals surface area contributed by atoms with E-state index < -0.39 is 0 Å². The van der Waals surface area contributed by atoms with Crippen LogP contribution in [0.4, 0.5) is 5.69 Å². The maximum atomic E-state index is 12.1. The van der Waals surface area contributed by atoms with Gasteiger partial charge in [-0.15, -0.1) is 0 Å².